The molecular formula is C8H7ClF2O. The van der Waals surface area contributed by atoms with Gasteiger partial charge in [0.2, 0.25) is 0 Å². The molecule has 0 aromatic heterocycles. The molecular weight excluding hydrogens is 186 g/mol. The predicted molar refractivity (Wildman–Crippen MR) is 42.8 cm³/mol. The van der Waals surface area contributed by atoms with E-state index in [0.717, 1.165) is 0 Å². The van der Waals surface area contributed by atoms with Crippen LogP contribution in [0.5, 0.6) is 5.75 Å². The van der Waals surface area contributed by atoms with Crippen molar-refractivity contribution in [2.45, 2.75) is 13.5 Å². The summed E-state index contributed by atoms with van der Waals surface area (Å²) in [5.41, 5.74) is 0.527. The third-order valence-corrected chi connectivity index (χ3v) is 1.84. The highest BCUT2D eigenvalue weighted by atomic mass is 35.5. The van der Waals surface area contributed by atoms with E-state index in [0.29, 0.717) is 10.6 Å². The van der Waals surface area contributed by atoms with Gasteiger partial charge in [0.05, 0.1) is 0 Å². The second kappa shape index (κ2) is 3.72. The molecule has 4 heteroatoms. The quantitative estimate of drug-likeness (QED) is 0.699. The second-order valence-electron chi connectivity index (χ2n) is 2.24. The van der Waals surface area contributed by atoms with Gasteiger partial charge in [-0.2, -0.15) is 8.78 Å². The highest BCUT2D eigenvalue weighted by Crippen LogP contribution is 2.26. The topological polar surface area (TPSA) is 9.23 Å². The highest BCUT2D eigenvalue weighted by Gasteiger charge is 2.08. The Morgan fingerprint density at radius 3 is 2.67 bits per heavy atom. The highest BCUT2D eigenvalue weighted by molar-refractivity contribution is 6.31. The van der Waals surface area contributed by atoms with Crippen molar-refractivity contribution >= 4 is 11.6 Å². The summed E-state index contributed by atoms with van der Waals surface area (Å²) in [6, 6.07) is 4.63. The first kappa shape index (κ1) is 9.26. The van der Waals surface area contributed by atoms with Crippen LogP contribution in [0.2, 0.25) is 5.02 Å². The van der Waals surface area contributed by atoms with Gasteiger partial charge in [-0.3, -0.25) is 0 Å². The Balaban J connectivity index is 2.92. The summed E-state index contributed by atoms with van der Waals surface area (Å²) in [6.07, 6.45) is 0. The lowest BCUT2D eigenvalue weighted by Gasteiger charge is -2.07. The Kier molecular flexibility index (Phi) is 2.87. The molecule has 0 atom stereocenters. The van der Waals surface area contributed by atoms with E-state index >= 15 is 0 Å². The zero-order valence-electron chi connectivity index (χ0n) is 6.35. The van der Waals surface area contributed by atoms with Gasteiger partial charge in [0, 0.05) is 10.6 Å². The third kappa shape index (κ3) is 2.08. The van der Waals surface area contributed by atoms with Crippen LogP contribution in [0.15, 0.2) is 18.2 Å². The van der Waals surface area contributed by atoms with Crippen molar-refractivity contribution in [3.63, 3.8) is 0 Å². The van der Waals surface area contributed by atoms with Crippen LogP contribution in [-0.4, -0.2) is 6.61 Å². The maximum absolute atomic E-state index is 11.8. The lowest BCUT2D eigenvalue weighted by molar-refractivity contribution is -0.0502. The Bertz CT molecular complexity index is 276. The van der Waals surface area contributed by atoms with Gasteiger partial charge in [-0.15, -0.1) is 0 Å². The minimum absolute atomic E-state index is 0.123. The Hall–Kier alpha value is -0.830. The van der Waals surface area contributed by atoms with E-state index in [1.165, 1.54) is 6.07 Å². The van der Waals surface area contributed by atoms with Gasteiger partial charge >= 0.3 is 6.61 Å². The van der Waals surface area contributed by atoms with Gasteiger partial charge in [-0.25, -0.2) is 0 Å². The van der Waals surface area contributed by atoms with E-state index in [2.05, 4.69) is 4.74 Å². The lowest BCUT2D eigenvalue weighted by Crippen LogP contribution is -2.03. The van der Waals surface area contributed by atoms with Gasteiger partial charge in [-0.1, -0.05) is 17.7 Å². The number of hydrogen-bond acceptors (Lipinski definition) is 1. The zero-order valence-corrected chi connectivity index (χ0v) is 7.11. The molecule has 0 amide bonds. The van der Waals surface area contributed by atoms with Crippen LogP contribution in [0.25, 0.3) is 0 Å². The first-order valence-electron chi connectivity index (χ1n) is 3.31. The average molecular weight is 193 g/mol. The van der Waals surface area contributed by atoms with Crippen LogP contribution < -0.4 is 4.74 Å². The second-order valence-corrected chi connectivity index (χ2v) is 2.65. The fraction of sp³-hybridized carbons (Fsp3) is 0.250. The fourth-order valence-electron chi connectivity index (χ4n) is 0.811. The van der Waals surface area contributed by atoms with E-state index in [-0.39, 0.29) is 5.75 Å². The van der Waals surface area contributed by atoms with Gasteiger partial charge in [0.1, 0.15) is 5.75 Å². The van der Waals surface area contributed by atoms with E-state index in [1.54, 1.807) is 19.1 Å². The molecule has 0 aliphatic heterocycles. The van der Waals surface area contributed by atoms with E-state index < -0.39 is 6.61 Å². The first-order chi connectivity index (χ1) is 5.61. The zero-order chi connectivity index (χ0) is 9.14. The molecule has 0 radical (unpaired) electrons. The third-order valence-electron chi connectivity index (χ3n) is 1.43. The molecule has 0 saturated carbocycles. The molecule has 0 saturated heterocycles. The number of hydrogen-bond donors (Lipinski definition) is 0. The van der Waals surface area contributed by atoms with Crippen molar-refractivity contribution in [2.24, 2.45) is 0 Å². The Morgan fingerprint density at radius 1 is 1.42 bits per heavy atom. The number of halogens is 3. The van der Waals surface area contributed by atoms with Gasteiger partial charge in [0.25, 0.3) is 0 Å². The molecule has 1 nitrogen and oxygen atoms in total. The summed E-state index contributed by atoms with van der Waals surface area (Å²) in [5, 5.41) is 0.424. The van der Waals surface area contributed by atoms with Gasteiger partial charge < -0.3 is 4.74 Å². The first-order valence-corrected chi connectivity index (χ1v) is 3.69. The number of alkyl halides is 2. The molecule has 1 aromatic rings. The fourth-order valence-corrected chi connectivity index (χ4v) is 0.977. The van der Waals surface area contributed by atoms with Crippen LogP contribution in [-0.2, 0) is 0 Å². The predicted octanol–water partition coefficient (Wildman–Crippen LogP) is 3.25. The molecule has 1 rings (SSSR count). The van der Waals surface area contributed by atoms with Crippen molar-refractivity contribution in [2.75, 3.05) is 0 Å². The molecule has 0 heterocycles. The van der Waals surface area contributed by atoms with Gasteiger partial charge in [0.15, 0.2) is 0 Å². The number of benzene rings is 1. The minimum Gasteiger partial charge on any atom is -0.435 e. The SMILES string of the molecule is Cc1c(Cl)cccc1OC(F)F. The molecule has 1 aromatic carbocycles. The largest absolute Gasteiger partial charge is 0.435 e. The molecule has 0 N–H and O–H groups in total. The van der Waals surface area contributed by atoms with Crippen molar-refractivity contribution in [3.05, 3.63) is 28.8 Å². The minimum atomic E-state index is -2.80. The van der Waals surface area contributed by atoms with Crippen LogP contribution in [0.4, 0.5) is 8.78 Å². The summed E-state index contributed by atoms with van der Waals surface area (Å²) < 4.78 is 27.7. The average Bonchev–Trinajstić information content (AvgIpc) is 1.98. The van der Waals surface area contributed by atoms with Crippen molar-refractivity contribution in [1.82, 2.24) is 0 Å². The summed E-state index contributed by atoms with van der Waals surface area (Å²) in [4.78, 5) is 0. The molecule has 0 fully saturated rings. The standard InChI is InChI=1S/C8H7ClF2O/c1-5-6(9)3-2-4-7(5)12-8(10)11/h2-4,8H,1H3. The molecule has 0 aliphatic carbocycles. The summed E-state index contributed by atoms with van der Waals surface area (Å²) >= 11 is 5.67. The van der Waals surface area contributed by atoms with E-state index in [9.17, 15) is 8.78 Å². The lowest BCUT2D eigenvalue weighted by atomic mass is 10.2. The monoisotopic (exact) mass is 192 g/mol. The van der Waals surface area contributed by atoms with Crippen molar-refractivity contribution in [1.29, 1.82) is 0 Å². The van der Waals surface area contributed by atoms with Crippen LogP contribution in [0, 0.1) is 6.92 Å². The van der Waals surface area contributed by atoms with Crippen LogP contribution >= 0.6 is 11.6 Å². The van der Waals surface area contributed by atoms with Crippen molar-refractivity contribution in [3.8, 4) is 5.75 Å². The van der Waals surface area contributed by atoms with E-state index in [1.807, 2.05) is 0 Å². The molecule has 0 aliphatic rings. The molecule has 12 heavy (non-hydrogen) atoms. The summed E-state index contributed by atoms with van der Waals surface area (Å²) in [5.74, 6) is 0.123. The Morgan fingerprint density at radius 2 is 2.08 bits per heavy atom. The van der Waals surface area contributed by atoms with Crippen LogP contribution in [0.3, 0.4) is 0 Å². The smallest absolute Gasteiger partial charge is 0.387 e. The molecule has 0 bridgehead atoms. The van der Waals surface area contributed by atoms with Crippen molar-refractivity contribution < 1.29 is 13.5 Å². The molecule has 0 spiro atoms. The van der Waals surface area contributed by atoms with Gasteiger partial charge in [-0.05, 0) is 19.1 Å². The molecule has 66 valence electrons. The number of ether oxygens (including phenoxy) is 1. The normalized spacial score (nSPS) is 10.4. The van der Waals surface area contributed by atoms with Crippen LogP contribution in [0.1, 0.15) is 5.56 Å². The Labute approximate surface area is 73.9 Å². The number of rotatable bonds is 2. The molecule has 0 unspecified atom stereocenters. The van der Waals surface area contributed by atoms with E-state index in [4.69, 9.17) is 11.6 Å². The maximum atomic E-state index is 11.8. The summed E-state index contributed by atoms with van der Waals surface area (Å²) in [7, 11) is 0. The maximum Gasteiger partial charge on any atom is 0.387 e. The summed E-state index contributed by atoms with van der Waals surface area (Å²) in [6.45, 7) is -1.18.